The number of carbonyl (C=O) groups is 1. The van der Waals surface area contributed by atoms with Crippen LogP contribution in [-0.2, 0) is 4.79 Å². The summed E-state index contributed by atoms with van der Waals surface area (Å²) >= 11 is 0.944. The monoisotopic (exact) mass is 675 g/mol. The maximum atomic E-state index is 16.3. The molecule has 13 heteroatoms. The first kappa shape index (κ1) is 32.2. The number of amides is 1. The minimum atomic E-state index is -0.926. The Morgan fingerprint density at radius 3 is 2.83 bits per heavy atom. The largest absolute Gasteiger partial charge is 0.461 e. The first-order valence-electron chi connectivity index (χ1n) is 16.2. The summed E-state index contributed by atoms with van der Waals surface area (Å²) in [6, 6.07) is 7.41. The molecule has 0 unspecified atom stereocenters. The zero-order valence-electron chi connectivity index (χ0n) is 26.8. The van der Waals surface area contributed by atoms with Gasteiger partial charge in [-0.15, -0.1) is 11.3 Å². The van der Waals surface area contributed by atoms with Crippen LogP contribution in [0.2, 0.25) is 0 Å². The second-order valence-corrected chi connectivity index (χ2v) is 14.0. The van der Waals surface area contributed by atoms with Gasteiger partial charge in [-0.1, -0.05) is 12.6 Å². The number of ether oxygens (including phenoxy) is 1. The molecule has 4 atom stereocenters. The summed E-state index contributed by atoms with van der Waals surface area (Å²) in [6.45, 7) is 10.0. The van der Waals surface area contributed by atoms with Crippen LogP contribution in [0.3, 0.4) is 0 Å². The number of nitrogen functional groups attached to an aromatic ring is 1. The molecule has 3 aliphatic heterocycles. The number of hydrogen-bond acceptors (Lipinski definition) is 9. The predicted octanol–water partition coefficient (Wildman–Crippen LogP) is 6.20. The van der Waals surface area contributed by atoms with Gasteiger partial charge in [0.25, 0.3) is 0 Å². The lowest BCUT2D eigenvalue weighted by Gasteiger charge is -2.34. The number of thiophene rings is 1. The van der Waals surface area contributed by atoms with Gasteiger partial charge in [-0.05, 0) is 69.5 Å². The van der Waals surface area contributed by atoms with E-state index in [1.54, 1.807) is 11.0 Å². The van der Waals surface area contributed by atoms with Crippen molar-refractivity contribution in [1.82, 2.24) is 19.8 Å². The maximum Gasteiger partial charge on any atom is 0.319 e. The molecule has 1 amide bonds. The normalized spacial score (nSPS) is 23.9. The zero-order chi connectivity index (χ0) is 33.9. The van der Waals surface area contributed by atoms with Gasteiger partial charge in [-0.3, -0.25) is 9.69 Å². The fourth-order valence-electron chi connectivity index (χ4n) is 8.08. The number of hydrogen-bond donors (Lipinski definition) is 1. The number of aromatic nitrogens is 2. The van der Waals surface area contributed by atoms with Gasteiger partial charge in [0, 0.05) is 48.4 Å². The van der Waals surface area contributed by atoms with Gasteiger partial charge in [0.1, 0.15) is 41.3 Å². The number of likely N-dealkylation sites (tertiary alicyclic amines) is 1. The van der Waals surface area contributed by atoms with Crippen molar-refractivity contribution >= 4 is 49.1 Å². The molecule has 0 saturated carbocycles. The third-order valence-corrected chi connectivity index (χ3v) is 11.4. The van der Waals surface area contributed by atoms with Gasteiger partial charge >= 0.3 is 6.01 Å². The molecular weight excluding hydrogens is 639 g/mol. The molecule has 0 spiro atoms. The molecule has 2 aromatic heterocycles. The van der Waals surface area contributed by atoms with E-state index in [2.05, 4.69) is 11.5 Å². The molecule has 3 aliphatic rings. The minimum Gasteiger partial charge on any atom is -0.461 e. The molecule has 0 aliphatic carbocycles. The van der Waals surface area contributed by atoms with E-state index in [-0.39, 0.29) is 56.8 Å². The molecule has 3 saturated heterocycles. The molecule has 0 bridgehead atoms. The van der Waals surface area contributed by atoms with Crippen LogP contribution in [0.4, 0.5) is 24.0 Å². The molecule has 2 aromatic carbocycles. The molecule has 250 valence electrons. The third-order valence-electron chi connectivity index (χ3n) is 10.4. The van der Waals surface area contributed by atoms with E-state index in [1.807, 2.05) is 24.8 Å². The van der Waals surface area contributed by atoms with Gasteiger partial charge in [0.05, 0.1) is 27.4 Å². The van der Waals surface area contributed by atoms with E-state index < -0.39 is 23.3 Å². The number of nitriles is 1. The van der Waals surface area contributed by atoms with E-state index in [0.717, 1.165) is 30.7 Å². The average molecular weight is 676 g/mol. The molecule has 0 radical (unpaired) electrons. The van der Waals surface area contributed by atoms with Crippen LogP contribution < -0.4 is 15.4 Å². The van der Waals surface area contributed by atoms with Crippen molar-refractivity contribution < 1.29 is 22.7 Å². The van der Waals surface area contributed by atoms with E-state index in [9.17, 15) is 18.8 Å². The lowest BCUT2D eigenvalue weighted by Crippen LogP contribution is -2.45. The lowest BCUT2D eigenvalue weighted by atomic mass is 9.95. The Kier molecular flexibility index (Phi) is 8.20. The Balaban J connectivity index is 1.37. The number of benzene rings is 2. The van der Waals surface area contributed by atoms with Gasteiger partial charge in [0.15, 0.2) is 0 Å². The first-order valence-corrected chi connectivity index (χ1v) is 17.0. The standard InChI is InChI=1S/C35H36F3N7O2S/c1-4-29(46)45-12-9-28(19(45)3)44(5-2)33-23-13-26(38)22(21-7-8-25(37)31-30(21)24(16-39)32(40)48-31)14-27(23)41-34(42-33)47-18-35-10-6-11-43(35)17-20(36)15-35/h4,7-8,13-14,19-20,28H,1,5-6,9-12,15,17-18,40H2,2-3H3/t19-,20+,28-,35-/m0/s1. The quantitative estimate of drug-likeness (QED) is 0.220. The van der Waals surface area contributed by atoms with E-state index in [0.29, 0.717) is 54.8 Å². The molecular formula is C35H36F3N7O2S. The number of carbonyl (C=O) groups excluding carboxylic acids is 1. The highest BCUT2D eigenvalue weighted by Crippen LogP contribution is 2.44. The van der Waals surface area contributed by atoms with Crippen LogP contribution in [0.1, 0.15) is 45.1 Å². The highest BCUT2D eigenvalue weighted by Gasteiger charge is 2.49. The fraction of sp³-hybridized carbons (Fsp3) is 0.429. The average Bonchev–Trinajstić information content (AvgIpc) is 3.81. The summed E-state index contributed by atoms with van der Waals surface area (Å²) in [5.41, 5.74) is 6.54. The van der Waals surface area contributed by atoms with Crippen molar-refractivity contribution in [1.29, 1.82) is 5.26 Å². The molecule has 48 heavy (non-hydrogen) atoms. The van der Waals surface area contributed by atoms with Gasteiger partial charge < -0.3 is 20.3 Å². The number of rotatable bonds is 8. The topological polar surface area (TPSA) is 112 Å². The number of halogens is 3. The Morgan fingerprint density at radius 1 is 1.27 bits per heavy atom. The summed E-state index contributed by atoms with van der Waals surface area (Å²) in [4.78, 5) is 28.2. The number of alkyl halides is 1. The van der Waals surface area contributed by atoms with Gasteiger partial charge in [0.2, 0.25) is 5.91 Å². The lowest BCUT2D eigenvalue weighted by molar-refractivity contribution is -0.126. The third kappa shape index (κ3) is 5.13. The molecule has 9 nitrogen and oxygen atoms in total. The predicted molar refractivity (Wildman–Crippen MR) is 181 cm³/mol. The van der Waals surface area contributed by atoms with Crippen molar-refractivity contribution in [2.75, 3.05) is 43.4 Å². The molecule has 2 N–H and O–H groups in total. The zero-order valence-corrected chi connectivity index (χ0v) is 27.6. The molecule has 4 aromatic rings. The van der Waals surface area contributed by atoms with Crippen molar-refractivity contribution in [3.8, 4) is 23.2 Å². The van der Waals surface area contributed by atoms with Crippen LogP contribution in [-0.4, -0.2) is 82.3 Å². The van der Waals surface area contributed by atoms with E-state index in [4.69, 9.17) is 20.4 Å². The highest BCUT2D eigenvalue weighted by molar-refractivity contribution is 7.23. The Morgan fingerprint density at radius 2 is 2.08 bits per heavy atom. The molecule has 5 heterocycles. The molecule has 3 fully saturated rings. The minimum absolute atomic E-state index is 0.0726. The number of fused-ring (bicyclic) bond motifs is 3. The van der Waals surface area contributed by atoms with Gasteiger partial charge in [-0.25, -0.2) is 13.2 Å². The van der Waals surface area contributed by atoms with Crippen LogP contribution in [0.25, 0.3) is 32.1 Å². The van der Waals surface area contributed by atoms with Crippen LogP contribution in [0, 0.1) is 23.0 Å². The Bertz CT molecular complexity index is 2000. The van der Waals surface area contributed by atoms with Crippen molar-refractivity contribution in [2.45, 2.75) is 63.3 Å². The number of anilines is 2. The maximum absolute atomic E-state index is 16.3. The summed E-state index contributed by atoms with van der Waals surface area (Å²) < 4.78 is 52.2. The number of likely N-dealkylation sites (N-methyl/N-ethyl adjacent to an activating group) is 1. The van der Waals surface area contributed by atoms with Crippen molar-refractivity contribution in [2.24, 2.45) is 0 Å². The smallest absolute Gasteiger partial charge is 0.319 e. The van der Waals surface area contributed by atoms with E-state index >= 15 is 4.39 Å². The van der Waals surface area contributed by atoms with Crippen LogP contribution >= 0.6 is 11.3 Å². The first-order chi connectivity index (χ1) is 23.1. The van der Waals surface area contributed by atoms with Crippen LogP contribution in [0.15, 0.2) is 36.9 Å². The Hall–Kier alpha value is -4.41. The fourth-order valence-corrected chi connectivity index (χ4v) is 9.03. The SMILES string of the molecule is C=CC(=O)N1CC[C@H](N(CC)c2nc(OC[C@@]34CCCN3C[C@H](F)C4)nc3cc(-c4ccc(F)c5sc(N)c(C#N)c45)c(F)cc23)[C@@H]1C. The second kappa shape index (κ2) is 12.2. The van der Waals surface area contributed by atoms with Crippen LogP contribution in [0.5, 0.6) is 6.01 Å². The Labute approximate surface area is 280 Å². The number of nitrogens with zero attached hydrogens (tertiary/aromatic N) is 6. The second-order valence-electron chi connectivity index (χ2n) is 12.9. The summed E-state index contributed by atoms with van der Waals surface area (Å²) in [7, 11) is 0. The summed E-state index contributed by atoms with van der Waals surface area (Å²) in [5, 5.41) is 10.7. The summed E-state index contributed by atoms with van der Waals surface area (Å²) in [6.07, 6.45) is 3.18. The highest BCUT2D eigenvalue weighted by atomic mass is 32.1. The van der Waals surface area contributed by atoms with Crippen molar-refractivity contribution in [3.05, 3.63) is 54.1 Å². The van der Waals surface area contributed by atoms with E-state index in [1.165, 1.54) is 24.3 Å². The molecule has 7 rings (SSSR count). The van der Waals surface area contributed by atoms with Crippen molar-refractivity contribution in [3.63, 3.8) is 0 Å². The summed E-state index contributed by atoms with van der Waals surface area (Å²) in [5.74, 6) is -0.871. The van der Waals surface area contributed by atoms with Gasteiger partial charge in [-0.2, -0.15) is 15.2 Å². The number of nitrogens with two attached hydrogens (primary N) is 1.